The Bertz CT molecular complexity index is 960. The van der Waals surface area contributed by atoms with Crippen LogP contribution < -0.4 is 0 Å². The molecule has 2 aromatic carbocycles. The number of carboxylic acids is 1. The van der Waals surface area contributed by atoms with Gasteiger partial charge in [0.15, 0.2) is 23.0 Å². The van der Waals surface area contributed by atoms with E-state index in [1.165, 1.54) is 37.4 Å². The predicted octanol–water partition coefficient (Wildman–Crippen LogP) is 2.76. The minimum Gasteiger partial charge on any atom is -0.504 e. The van der Waals surface area contributed by atoms with Gasteiger partial charge in [-0.1, -0.05) is 19.6 Å². The molecule has 2 aliphatic rings. The minimum atomic E-state index is -0.873. The molecular weight excluding hydrogens is 420 g/mol. The van der Waals surface area contributed by atoms with E-state index in [1.54, 1.807) is 6.07 Å². The molecule has 0 unspecified atom stereocenters. The number of carbonyl (C=O) groups is 2. The van der Waals surface area contributed by atoms with Gasteiger partial charge in [0.25, 0.3) is 0 Å². The second-order valence-electron chi connectivity index (χ2n) is 7.37. The molecule has 0 atom stereocenters. The highest BCUT2D eigenvalue weighted by Crippen LogP contribution is 2.51. The van der Waals surface area contributed by atoms with Crippen LogP contribution in [-0.2, 0) is 25.2 Å². The van der Waals surface area contributed by atoms with Crippen LogP contribution in [0.2, 0.25) is 0 Å². The van der Waals surface area contributed by atoms with Crippen molar-refractivity contribution in [3.8, 4) is 23.0 Å². The van der Waals surface area contributed by atoms with Gasteiger partial charge < -0.3 is 35.4 Å². The van der Waals surface area contributed by atoms with E-state index in [4.69, 9.17) is 25.2 Å². The first kappa shape index (κ1) is 26.6. The zero-order valence-corrected chi connectivity index (χ0v) is 17.2. The Balaban J connectivity index is 0.000000289. The number of carbonyl (C=O) groups excluding carboxylic acids is 1. The molecule has 0 aliphatic heterocycles. The molecule has 2 aromatic rings. The average Bonchev–Trinajstić information content (AvgIpc) is 3.67. The van der Waals surface area contributed by atoms with Crippen LogP contribution in [0.5, 0.6) is 23.0 Å². The standard InChI is InChI=1S/C11H12O4.C10H10O4.CH4O.CH4/c1-15-10(14)11(4-5-11)7-2-3-8(12)9(13)6-7;11-7-2-1-6(5-8(7)12)10(3-4-10)9(13)14;1-2;/h2-3,6,12-13H,4-5H2,1H3;1-2,5,11-12H,3-4H2,(H,13,14);2H,1H3;1H4. The van der Waals surface area contributed by atoms with Gasteiger partial charge in [0, 0.05) is 7.11 Å². The summed E-state index contributed by atoms with van der Waals surface area (Å²) in [5.74, 6) is -2.04. The number of esters is 1. The molecule has 6 N–H and O–H groups in total. The largest absolute Gasteiger partial charge is 0.504 e. The van der Waals surface area contributed by atoms with Crippen LogP contribution in [0.25, 0.3) is 0 Å². The van der Waals surface area contributed by atoms with E-state index in [2.05, 4.69) is 0 Å². The topological polar surface area (TPSA) is 165 Å². The van der Waals surface area contributed by atoms with Crippen LogP contribution >= 0.6 is 0 Å². The molecule has 32 heavy (non-hydrogen) atoms. The van der Waals surface area contributed by atoms with E-state index in [1.807, 2.05) is 0 Å². The Labute approximate surface area is 186 Å². The van der Waals surface area contributed by atoms with Gasteiger partial charge in [-0.25, -0.2) is 0 Å². The molecule has 0 radical (unpaired) electrons. The maximum Gasteiger partial charge on any atom is 0.316 e. The monoisotopic (exact) mass is 450 g/mol. The van der Waals surface area contributed by atoms with Crippen molar-refractivity contribution in [1.29, 1.82) is 0 Å². The summed E-state index contributed by atoms with van der Waals surface area (Å²) < 4.78 is 4.72. The van der Waals surface area contributed by atoms with Crippen molar-refractivity contribution in [1.82, 2.24) is 0 Å². The fraction of sp³-hybridized carbons (Fsp3) is 0.391. The number of hydrogen-bond acceptors (Lipinski definition) is 8. The van der Waals surface area contributed by atoms with Crippen LogP contribution in [0.15, 0.2) is 36.4 Å². The minimum absolute atomic E-state index is 0. The zero-order valence-electron chi connectivity index (χ0n) is 17.2. The van der Waals surface area contributed by atoms with Gasteiger partial charge in [0.1, 0.15) is 0 Å². The molecule has 9 nitrogen and oxygen atoms in total. The Kier molecular flexibility index (Phi) is 8.50. The second-order valence-corrected chi connectivity index (χ2v) is 7.37. The second kappa shape index (κ2) is 10.2. The molecule has 0 aromatic heterocycles. The van der Waals surface area contributed by atoms with Crippen molar-refractivity contribution in [3.63, 3.8) is 0 Å². The normalized spacial score (nSPS) is 16.0. The van der Waals surface area contributed by atoms with Gasteiger partial charge in [0.2, 0.25) is 0 Å². The lowest BCUT2D eigenvalue weighted by Gasteiger charge is -2.13. The van der Waals surface area contributed by atoms with Gasteiger partial charge >= 0.3 is 11.9 Å². The Morgan fingerprint density at radius 2 is 1.12 bits per heavy atom. The van der Waals surface area contributed by atoms with Gasteiger partial charge in [-0.3, -0.25) is 9.59 Å². The quantitative estimate of drug-likeness (QED) is 0.303. The first-order valence-corrected chi connectivity index (χ1v) is 9.48. The summed E-state index contributed by atoms with van der Waals surface area (Å²) >= 11 is 0. The number of phenolic OH excluding ortho intramolecular Hbond substituents is 4. The SMILES string of the molecule is C.CO.COC(=O)C1(c2ccc(O)c(O)c2)CC1.O=C(O)C1(c2ccc(O)c(O)c2)CC1. The van der Waals surface area contributed by atoms with Crippen molar-refractivity contribution >= 4 is 11.9 Å². The number of ether oxygens (including phenoxy) is 1. The molecule has 0 bridgehead atoms. The van der Waals surface area contributed by atoms with Gasteiger partial charge in [-0.15, -0.1) is 0 Å². The molecule has 0 spiro atoms. The van der Waals surface area contributed by atoms with Crippen LogP contribution in [0.1, 0.15) is 44.2 Å². The zero-order chi connectivity index (χ0) is 23.4. The fourth-order valence-electron chi connectivity index (χ4n) is 3.32. The number of aromatic hydroxyl groups is 4. The van der Waals surface area contributed by atoms with Gasteiger partial charge in [0.05, 0.1) is 17.9 Å². The maximum atomic E-state index is 11.5. The van der Waals surface area contributed by atoms with E-state index >= 15 is 0 Å². The number of phenols is 4. The summed E-state index contributed by atoms with van der Waals surface area (Å²) in [5, 5.41) is 52.8. The summed E-state index contributed by atoms with van der Waals surface area (Å²) in [6.45, 7) is 0. The van der Waals surface area contributed by atoms with E-state index in [0.29, 0.717) is 24.0 Å². The number of benzene rings is 2. The molecule has 2 saturated carbocycles. The lowest BCUT2D eigenvalue weighted by molar-refractivity contribution is -0.143. The Morgan fingerprint density at radius 3 is 1.41 bits per heavy atom. The highest BCUT2D eigenvalue weighted by Gasteiger charge is 2.53. The number of carboxylic acid groups (broad SMARTS) is 1. The van der Waals surface area contributed by atoms with Crippen LogP contribution in [0.4, 0.5) is 0 Å². The number of rotatable bonds is 4. The molecular formula is C23H30O9. The highest BCUT2D eigenvalue weighted by atomic mass is 16.5. The summed E-state index contributed by atoms with van der Waals surface area (Å²) in [5.41, 5.74) is -0.171. The lowest BCUT2D eigenvalue weighted by atomic mass is 9.96. The number of aliphatic hydroxyl groups is 1. The number of hydrogen-bond donors (Lipinski definition) is 6. The van der Waals surface area contributed by atoms with Crippen molar-refractivity contribution < 1.29 is 45.0 Å². The van der Waals surface area contributed by atoms with Gasteiger partial charge in [-0.2, -0.15) is 0 Å². The molecule has 0 saturated heterocycles. The van der Waals surface area contributed by atoms with Crippen molar-refractivity contribution in [2.75, 3.05) is 14.2 Å². The van der Waals surface area contributed by atoms with Crippen LogP contribution in [-0.4, -0.2) is 56.8 Å². The molecule has 2 aliphatic carbocycles. The van der Waals surface area contributed by atoms with Crippen molar-refractivity contribution in [3.05, 3.63) is 47.5 Å². The fourth-order valence-corrected chi connectivity index (χ4v) is 3.32. The van der Waals surface area contributed by atoms with Crippen molar-refractivity contribution in [2.45, 2.75) is 43.9 Å². The summed E-state index contributed by atoms with van der Waals surface area (Å²) in [7, 11) is 2.35. The van der Waals surface area contributed by atoms with E-state index in [9.17, 15) is 19.8 Å². The van der Waals surface area contributed by atoms with Gasteiger partial charge in [-0.05, 0) is 61.1 Å². The number of methoxy groups -OCH3 is 1. The molecule has 176 valence electrons. The number of aliphatic hydroxyl groups excluding tert-OH is 1. The van der Waals surface area contributed by atoms with Crippen LogP contribution in [0, 0.1) is 0 Å². The number of aliphatic carboxylic acids is 1. The van der Waals surface area contributed by atoms with Crippen LogP contribution in [0.3, 0.4) is 0 Å². The predicted molar refractivity (Wildman–Crippen MR) is 116 cm³/mol. The third kappa shape index (κ3) is 5.05. The molecule has 2 fully saturated rings. The lowest BCUT2D eigenvalue weighted by Crippen LogP contribution is -2.21. The highest BCUT2D eigenvalue weighted by molar-refractivity contribution is 5.87. The summed E-state index contributed by atoms with van der Waals surface area (Å²) in [4.78, 5) is 22.5. The average molecular weight is 450 g/mol. The van der Waals surface area contributed by atoms with Crippen molar-refractivity contribution in [2.24, 2.45) is 0 Å². The van der Waals surface area contributed by atoms with E-state index in [-0.39, 0.29) is 36.4 Å². The van der Waals surface area contributed by atoms with E-state index in [0.717, 1.165) is 20.0 Å². The molecule has 0 heterocycles. The third-order valence-electron chi connectivity index (χ3n) is 5.54. The third-order valence-corrected chi connectivity index (χ3v) is 5.54. The first-order valence-electron chi connectivity index (χ1n) is 9.48. The molecule has 0 amide bonds. The molecule has 4 rings (SSSR count). The summed E-state index contributed by atoms with van der Waals surface area (Å²) in [6, 6.07) is 8.60. The molecule has 9 heteroatoms. The first-order chi connectivity index (χ1) is 14.7. The Hall–Kier alpha value is -3.46. The van der Waals surface area contributed by atoms with E-state index < -0.39 is 16.8 Å². The Morgan fingerprint density at radius 1 is 0.750 bits per heavy atom. The smallest absolute Gasteiger partial charge is 0.316 e. The summed E-state index contributed by atoms with van der Waals surface area (Å²) in [6.07, 6.45) is 2.63. The maximum absolute atomic E-state index is 11.5.